The number of anilines is 3. The molecule has 37 heavy (non-hydrogen) atoms. The van der Waals surface area contributed by atoms with Crippen molar-refractivity contribution in [2.24, 2.45) is 0 Å². The third-order valence-corrected chi connectivity index (χ3v) is 6.79. The van der Waals surface area contributed by atoms with E-state index in [2.05, 4.69) is 15.4 Å². The first-order valence-electron chi connectivity index (χ1n) is 11.1. The van der Waals surface area contributed by atoms with Gasteiger partial charge in [-0.3, -0.25) is 4.72 Å². The summed E-state index contributed by atoms with van der Waals surface area (Å²) in [6.45, 7) is 0. The number of thiocarbonyl (C=S) groups is 1. The SMILES string of the molecule is COc1ccc(NS(=O)(=O)c2cc(OC)ccc2NC(=S)Nc2ccc(Oc3ccccc3)cc2)cc1. The summed E-state index contributed by atoms with van der Waals surface area (Å²) in [6, 6.07) is 27.9. The quantitative estimate of drug-likeness (QED) is 0.221. The van der Waals surface area contributed by atoms with Crippen LogP contribution in [0.5, 0.6) is 23.0 Å². The van der Waals surface area contributed by atoms with Crippen LogP contribution < -0.4 is 29.6 Å². The zero-order chi connectivity index (χ0) is 26.3. The molecule has 4 rings (SSSR count). The number of ether oxygens (including phenoxy) is 3. The lowest BCUT2D eigenvalue weighted by molar-refractivity contribution is 0.413. The van der Waals surface area contributed by atoms with Crippen LogP contribution in [0.1, 0.15) is 0 Å². The van der Waals surface area contributed by atoms with Crippen molar-refractivity contribution in [2.45, 2.75) is 4.90 Å². The average Bonchev–Trinajstić information content (AvgIpc) is 2.91. The largest absolute Gasteiger partial charge is 0.497 e. The van der Waals surface area contributed by atoms with Gasteiger partial charge in [0.2, 0.25) is 0 Å². The molecule has 0 bridgehead atoms. The van der Waals surface area contributed by atoms with E-state index in [1.807, 2.05) is 42.5 Å². The van der Waals surface area contributed by atoms with E-state index in [1.165, 1.54) is 20.3 Å². The van der Waals surface area contributed by atoms with Crippen molar-refractivity contribution < 1.29 is 22.6 Å². The Morgan fingerprint density at radius 2 is 1.24 bits per heavy atom. The van der Waals surface area contributed by atoms with Crippen molar-refractivity contribution in [1.29, 1.82) is 0 Å². The van der Waals surface area contributed by atoms with Crippen LogP contribution in [0.15, 0.2) is 102 Å². The first-order valence-corrected chi connectivity index (χ1v) is 13.0. The molecule has 0 atom stereocenters. The number of hydrogen-bond acceptors (Lipinski definition) is 6. The molecular weight excluding hydrogens is 510 g/mol. The van der Waals surface area contributed by atoms with E-state index >= 15 is 0 Å². The molecule has 3 N–H and O–H groups in total. The van der Waals surface area contributed by atoms with Gasteiger partial charge in [0.15, 0.2) is 5.11 Å². The lowest BCUT2D eigenvalue weighted by Crippen LogP contribution is -2.22. The zero-order valence-electron chi connectivity index (χ0n) is 20.1. The second-order valence-corrected chi connectivity index (χ2v) is 9.77. The van der Waals surface area contributed by atoms with Crippen LogP contribution >= 0.6 is 12.2 Å². The number of rotatable bonds is 9. The third kappa shape index (κ3) is 6.90. The molecular formula is C27H25N3O5S2. The van der Waals surface area contributed by atoms with Crippen molar-refractivity contribution >= 4 is 44.4 Å². The van der Waals surface area contributed by atoms with Crippen LogP contribution in [0.25, 0.3) is 0 Å². The van der Waals surface area contributed by atoms with E-state index in [-0.39, 0.29) is 15.7 Å². The minimum Gasteiger partial charge on any atom is -0.497 e. The monoisotopic (exact) mass is 535 g/mol. The molecule has 0 radical (unpaired) electrons. The topological polar surface area (TPSA) is 97.9 Å². The number of para-hydroxylation sites is 1. The molecule has 8 nitrogen and oxygen atoms in total. The Morgan fingerprint density at radius 1 is 0.676 bits per heavy atom. The Labute approximate surface area is 221 Å². The Kier molecular flexibility index (Phi) is 8.11. The summed E-state index contributed by atoms with van der Waals surface area (Å²) in [5.41, 5.74) is 1.36. The van der Waals surface area contributed by atoms with Gasteiger partial charge in [0.05, 0.1) is 19.9 Å². The van der Waals surface area contributed by atoms with E-state index in [9.17, 15) is 8.42 Å². The van der Waals surface area contributed by atoms with Gasteiger partial charge in [-0.15, -0.1) is 0 Å². The summed E-state index contributed by atoms with van der Waals surface area (Å²) in [6.07, 6.45) is 0. The van der Waals surface area contributed by atoms with E-state index in [1.54, 1.807) is 48.5 Å². The summed E-state index contributed by atoms with van der Waals surface area (Å²) in [7, 11) is -0.983. The predicted octanol–water partition coefficient (Wildman–Crippen LogP) is 6.11. The Hall–Kier alpha value is -4.28. The number of benzene rings is 4. The fraction of sp³-hybridized carbons (Fsp3) is 0.0741. The molecule has 0 saturated carbocycles. The molecule has 190 valence electrons. The average molecular weight is 536 g/mol. The van der Waals surface area contributed by atoms with Crippen LogP contribution in [-0.4, -0.2) is 27.7 Å². The van der Waals surface area contributed by atoms with Crippen LogP contribution in [0.3, 0.4) is 0 Å². The Balaban J connectivity index is 1.48. The van der Waals surface area contributed by atoms with Crippen molar-refractivity contribution in [3.63, 3.8) is 0 Å². The van der Waals surface area contributed by atoms with Gasteiger partial charge >= 0.3 is 0 Å². The molecule has 4 aromatic rings. The van der Waals surface area contributed by atoms with E-state index in [0.717, 1.165) is 5.75 Å². The molecule has 0 aliphatic rings. The predicted molar refractivity (Wildman–Crippen MR) is 150 cm³/mol. The van der Waals surface area contributed by atoms with Crippen LogP contribution in [0.4, 0.5) is 17.1 Å². The summed E-state index contributed by atoms with van der Waals surface area (Å²) >= 11 is 5.44. The fourth-order valence-electron chi connectivity index (χ4n) is 3.34. The van der Waals surface area contributed by atoms with E-state index in [0.29, 0.717) is 28.6 Å². The van der Waals surface area contributed by atoms with Crippen LogP contribution in [0, 0.1) is 0 Å². The van der Waals surface area contributed by atoms with Gasteiger partial charge in [0.1, 0.15) is 27.9 Å². The lowest BCUT2D eigenvalue weighted by atomic mass is 10.3. The number of hydrogen-bond donors (Lipinski definition) is 3. The molecule has 0 aliphatic carbocycles. The van der Waals surface area contributed by atoms with Gasteiger partial charge in [-0.25, -0.2) is 8.42 Å². The van der Waals surface area contributed by atoms with Crippen molar-refractivity contribution in [3.8, 4) is 23.0 Å². The first-order chi connectivity index (χ1) is 17.9. The maximum absolute atomic E-state index is 13.3. The summed E-state index contributed by atoms with van der Waals surface area (Å²) in [4.78, 5) is -0.0292. The lowest BCUT2D eigenvalue weighted by Gasteiger charge is -2.16. The molecule has 0 amide bonds. The smallest absolute Gasteiger partial charge is 0.264 e. The molecule has 4 aromatic carbocycles. The van der Waals surface area contributed by atoms with Gasteiger partial charge in [-0.05, 0) is 85.0 Å². The molecule has 0 saturated heterocycles. The Morgan fingerprint density at radius 3 is 1.89 bits per heavy atom. The minimum atomic E-state index is -3.99. The third-order valence-electron chi connectivity index (χ3n) is 5.16. The normalized spacial score (nSPS) is 10.8. The van der Waals surface area contributed by atoms with E-state index in [4.69, 9.17) is 26.4 Å². The number of sulfonamides is 1. The van der Waals surface area contributed by atoms with Crippen LogP contribution in [-0.2, 0) is 10.0 Å². The molecule has 0 spiro atoms. The van der Waals surface area contributed by atoms with Gasteiger partial charge < -0.3 is 24.8 Å². The van der Waals surface area contributed by atoms with Crippen molar-refractivity contribution in [1.82, 2.24) is 0 Å². The standard InChI is InChI=1S/C27H25N3O5S2/c1-33-21-12-10-20(11-13-21)30-37(31,32)26-18-24(34-2)16-17-25(26)29-27(36)28-19-8-14-23(15-9-19)35-22-6-4-3-5-7-22/h3-18,30H,1-2H3,(H2,28,29,36). The maximum Gasteiger partial charge on any atom is 0.264 e. The highest BCUT2D eigenvalue weighted by molar-refractivity contribution is 7.93. The molecule has 0 heterocycles. The van der Waals surface area contributed by atoms with Gasteiger partial charge in [-0.2, -0.15) is 0 Å². The maximum atomic E-state index is 13.3. The molecule has 0 fully saturated rings. The van der Waals surface area contributed by atoms with Crippen molar-refractivity contribution in [3.05, 3.63) is 97.1 Å². The Bertz CT molecular complexity index is 1460. The molecule has 0 aromatic heterocycles. The van der Waals surface area contributed by atoms with Gasteiger partial charge in [0.25, 0.3) is 10.0 Å². The van der Waals surface area contributed by atoms with Crippen molar-refractivity contribution in [2.75, 3.05) is 29.6 Å². The highest BCUT2D eigenvalue weighted by Gasteiger charge is 2.21. The number of methoxy groups -OCH3 is 2. The first kappa shape index (κ1) is 25.8. The van der Waals surface area contributed by atoms with E-state index < -0.39 is 10.0 Å². The number of nitrogens with one attached hydrogen (secondary N) is 3. The zero-order valence-corrected chi connectivity index (χ0v) is 21.7. The molecule has 0 aliphatic heterocycles. The second-order valence-electron chi connectivity index (χ2n) is 7.71. The summed E-state index contributed by atoms with van der Waals surface area (Å²) < 4.78 is 45.3. The van der Waals surface area contributed by atoms with Crippen LogP contribution in [0.2, 0.25) is 0 Å². The molecule has 0 unspecified atom stereocenters. The highest BCUT2D eigenvalue weighted by atomic mass is 32.2. The summed E-state index contributed by atoms with van der Waals surface area (Å²) in [5, 5.41) is 6.24. The molecule has 10 heteroatoms. The minimum absolute atomic E-state index is 0.0292. The highest BCUT2D eigenvalue weighted by Crippen LogP contribution is 2.29. The van der Waals surface area contributed by atoms with Gasteiger partial charge in [-0.1, -0.05) is 18.2 Å². The second kappa shape index (κ2) is 11.6. The van der Waals surface area contributed by atoms with Gasteiger partial charge in [0, 0.05) is 17.4 Å². The fourth-order valence-corrected chi connectivity index (χ4v) is 4.80. The summed E-state index contributed by atoms with van der Waals surface area (Å²) in [5.74, 6) is 2.40.